The van der Waals surface area contributed by atoms with Gasteiger partial charge >= 0.3 is 5.97 Å². The number of aryl methyl sites for hydroxylation is 2. The van der Waals surface area contributed by atoms with Crippen molar-refractivity contribution in [3.8, 4) is 0 Å². The largest absolute Gasteiger partial charge is 0.481 e. The summed E-state index contributed by atoms with van der Waals surface area (Å²) in [6.45, 7) is 0. The van der Waals surface area contributed by atoms with Crippen molar-refractivity contribution in [2.45, 2.75) is 32.1 Å². The molecule has 2 aliphatic rings. The van der Waals surface area contributed by atoms with Crippen LogP contribution >= 0.6 is 11.3 Å². The van der Waals surface area contributed by atoms with E-state index >= 15 is 0 Å². The summed E-state index contributed by atoms with van der Waals surface area (Å²) in [6, 6.07) is 0. The number of carbonyl (C=O) groups excluding carboxylic acids is 1. The minimum absolute atomic E-state index is 0.228. The van der Waals surface area contributed by atoms with Crippen molar-refractivity contribution < 1.29 is 14.7 Å². The number of aromatic nitrogens is 1. The quantitative estimate of drug-likeness (QED) is 0.837. The van der Waals surface area contributed by atoms with Crippen LogP contribution in [0.25, 0.3) is 0 Å². The van der Waals surface area contributed by atoms with E-state index in [2.05, 4.69) is 10.3 Å². The lowest BCUT2D eigenvalue weighted by molar-refractivity contribution is -0.146. The molecule has 1 amide bonds. The highest BCUT2D eigenvalue weighted by molar-refractivity contribution is 7.15. The number of anilines is 1. The average molecular weight is 292 g/mol. The average Bonchev–Trinajstić information content (AvgIpc) is 2.99. The summed E-state index contributed by atoms with van der Waals surface area (Å²) < 4.78 is 0. The topological polar surface area (TPSA) is 79.3 Å². The zero-order valence-corrected chi connectivity index (χ0v) is 11.8. The number of hydrogen-bond acceptors (Lipinski definition) is 4. The van der Waals surface area contributed by atoms with Crippen LogP contribution < -0.4 is 5.32 Å². The number of carboxylic acid groups (broad SMARTS) is 1. The van der Waals surface area contributed by atoms with Crippen molar-refractivity contribution in [1.82, 2.24) is 4.98 Å². The number of allylic oxidation sites excluding steroid dienone is 2. The Morgan fingerprint density at radius 2 is 2.00 bits per heavy atom. The highest BCUT2D eigenvalue weighted by Gasteiger charge is 2.34. The van der Waals surface area contributed by atoms with Gasteiger partial charge in [-0.1, -0.05) is 12.2 Å². The Morgan fingerprint density at radius 3 is 2.70 bits per heavy atom. The molecular formula is C14H16N2O3S. The molecule has 0 radical (unpaired) electrons. The van der Waals surface area contributed by atoms with E-state index in [1.165, 1.54) is 16.2 Å². The van der Waals surface area contributed by atoms with E-state index in [4.69, 9.17) is 0 Å². The first-order chi connectivity index (χ1) is 9.65. The lowest BCUT2D eigenvalue weighted by Crippen LogP contribution is -2.34. The summed E-state index contributed by atoms with van der Waals surface area (Å²) in [7, 11) is 0. The number of fused-ring (bicyclic) bond motifs is 1. The maximum atomic E-state index is 12.3. The van der Waals surface area contributed by atoms with Crippen LogP contribution in [0.5, 0.6) is 0 Å². The van der Waals surface area contributed by atoms with Gasteiger partial charge in [0.15, 0.2) is 5.13 Å². The van der Waals surface area contributed by atoms with E-state index in [-0.39, 0.29) is 5.91 Å². The maximum Gasteiger partial charge on any atom is 0.307 e. The van der Waals surface area contributed by atoms with Gasteiger partial charge in [0.1, 0.15) is 0 Å². The van der Waals surface area contributed by atoms with Gasteiger partial charge < -0.3 is 10.4 Å². The number of nitrogens with zero attached hydrogens (tertiary/aromatic N) is 1. The van der Waals surface area contributed by atoms with Gasteiger partial charge in [-0.05, 0) is 32.1 Å². The molecule has 2 aliphatic carbocycles. The lowest BCUT2D eigenvalue weighted by Gasteiger charge is -2.23. The zero-order chi connectivity index (χ0) is 14.1. The van der Waals surface area contributed by atoms with Gasteiger partial charge in [-0.3, -0.25) is 9.59 Å². The molecule has 0 spiro atoms. The van der Waals surface area contributed by atoms with E-state index in [0.717, 1.165) is 25.0 Å². The van der Waals surface area contributed by atoms with Gasteiger partial charge in [-0.2, -0.15) is 0 Å². The number of aliphatic carboxylic acids is 1. The number of thiazole rings is 1. The van der Waals surface area contributed by atoms with E-state index in [1.54, 1.807) is 0 Å². The van der Waals surface area contributed by atoms with Crippen molar-refractivity contribution in [2.24, 2.45) is 11.8 Å². The van der Waals surface area contributed by atoms with Gasteiger partial charge in [-0.15, -0.1) is 11.3 Å². The highest BCUT2D eigenvalue weighted by Crippen LogP contribution is 2.32. The predicted molar refractivity (Wildman–Crippen MR) is 75.8 cm³/mol. The normalized spacial score (nSPS) is 24.4. The molecule has 2 N–H and O–H groups in total. The van der Waals surface area contributed by atoms with Gasteiger partial charge in [0, 0.05) is 4.88 Å². The zero-order valence-electron chi connectivity index (χ0n) is 11.0. The fraction of sp³-hybridized carbons (Fsp3) is 0.500. The maximum absolute atomic E-state index is 12.3. The molecular weight excluding hydrogens is 276 g/mol. The van der Waals surface area contributed by atoms with E-state index in [9.17, 15) is 14.7 Å². The molecule has 1 aromatic rings. The predicted octanol–water partition coefficient (Wildman–Crippen LogP) is 2.24. The van der Waals surface area contributed by atoms with E-state index in [1.807, 2.05) is 12.2 Å². The number of nitrogens with one attached hydrogen (secondary N) is 1. The summed E-state index contributed by atoms with van der Waals surface area (Å²) in [5.41, 5.74) is 1.09. The third-order valence-electron chi connectivity index (χ3n) is 3.91. The molecule has 106 valence electrons. The molecule has 0 fully saturated rings. The molecule has 0 bridgehead atoms. The van der Waals surface area contributed by atoms with Crippen molar-refractivity contribution >= 4 is 28.3 Å². The molecule has 5 nitrogen and oxygen atoms in total. The van der Waals surface area contributed by atoms with Crippen LogP contribution in [0.2, 0.25) is 0 Å². The second-order valence-corrected chi connectivity index (χ2v) is 6.31. The minimum Gasteiger partial charge on any atom is -0.481 e. The summed E-state index contributed by atoms with van der Waals surface area (Å²) in [6.07, 6.45) is 7.76. The lowest BCUT2D eigenvalue weighted by atomic mass is 9.82. The molecule has 0 aliphatic heterocycles. The van der Waals surface area contributed by atoms with Crippen LogP contribution in [0, 0.1) is 11.8 Å². The molecule has 0 saturated heterocycles. The first kappa shape index (κ1) is 13.3. The number of carbonyl (C=O) groups is 2. The third kappa shape index (κ3) is 2.47. The van der Waals surface area contributed by atoms with E-state index < -0.39 is 17.8 Å². The molecule has 2 atom stereocenters. The molecule has 2 unspecified atom stereocenters. The minimum atomic E-state index is -0.906. The second kappa shape index (κ2) is 5.36. The first-order valence-electron chi connectivity index (χ1n) is 6.82. The Bertz CT molecular complexity index is 557. The molecule has 1 heterocycles. The third-order valence-corrected chi connectivity index (χ3v) is 4.99. The summed E-state index contributed by atoms with van der Waals surface area (Å²) >= 11 is 1.52. The van der Waals surface area contributed by atoms with Gasteiger partial charge in [-0.25, -0.2) is 4.98 Å². The van der Waals surface area contributed by atoms with Gasteiger partial charge in [0.25, 0.3) is 0 Å². The van der Waals surface area contributed by atoms with Crippen molar-refractivity contribution in [3.63, 3.8) is 0 Å². The molecule has 0 aromatic carbocycles. The summed E-state index contributed by atoms with van der Waals surface area (Å²) in [4.78, 5) is 29.1. The standard InChI is InChI=1S/C14H16N2O3S/c17-12(8-4-1-2-5-9(8)13(18)19)16-14-15-10-6-3-7-11(10)20-14/h1-2,8-9H,3-7H2,(H,18,19)(H,15,16,17). The molecule has 20 heavy (non-hydrogen) atoms. The van der Waals surface area contributed by atoms with Crippen molar-refractivity contribution in [2.75, 3.05) is 5.32 Å². The van der Waals surface area contributed by atoms with E-state index in [0.29, 0.717) is 18.0 Å². The number of hydrogen-bond donors (Lipinski definition) is 2. The molecule has 1 aromatic heterocycles. The summed E-state index contributed by atoms with van der Waals surface area (Å²) in [5.74, 6) is -2.27. The fourth-order valence-corrected chi connectivity index (χ4v) is 3.87. The molecule has 6 heteroatoms. The van der Waals surface area contributed by atoms with Crippen LogP contribution in [-0.4, -0.2) is 22.0 Å². The smallest absolute Gasteiger partial charge is 0.307 e. The number of amides is 1. The molecule has 0 saturated carbocycles. The summed E-state index contributed by atoms with van der Waals surface area (Å²) in [5, 5.41) is 12.6. The number of carboxylic acids is 1. The monoisotopic (exact) mass is 292 g/mol. The Labute approximate surface area is 120 Å². The van der Waals surface area contributed by atoms with Gasteiger partial charge in [0.2, 0.25) is 5.91 Å². The van der Waals surface area contributed by atoms with Crippen molar-refractivity contribution in [3.05, 3.63) is 22.7 Å². The molecule has 3 rings (SSSR count). The second-order valence-electron chi connectivity index (χ2n) is 5.23. The Kier molecular flexibility index (Phi) is 3.56. The SMILES string of the molecule is O=C(O)C1CC=CCC1C(=O)Nc1nc2c(s1)CCC2. The van der Waals surface area contributed by atoms with Crippen LogP contribution in [-0.2, 0) is 22.4 Å². The number of rotatable bonds is 3. The Morgan fingerprint density at radius 1 is 1.25 bits per heavy atom. The fourth-order valence-electron chi connectivity index (χ4n) is 2.82. The first-order valence-corrected chi connectivity index (χ1v) is 7.64. The van der Waals surface area contributed by atoms with Gasteiger partial charge in [0.05, 0.1) is 17.5 Å². The van der Waals surface area contributed by atoms with Crippen LogP contribution in [0.3, 0.4) is 0 Å². The highest BCUT2D eigenvalue weighted by atomic mass is 32.1. The van der Waals surface area contributed by atoms with Crippen LogP contribution in [0.15, 0.2) is 12.2 Å². The Hall–Kier alpha value is -1.69. The van der Waals surface area contributed by atoms with Crippen molar-refractivity contribution in [1.29, 1.82) is 0 Å². The Balaban J connectivity index is 1.71. The van der Waals surface area contributed by atoms with Crippen LogP contribution in [0.1, 0.15) is 29.8 Å². The van der Waals surface area contributed by atoms with Crippen LogP contribution in [0.4, 0.5) is 5.13 Å².